The number of hydrogen-bond acceptors (Lipinski definition) is 4. The van der Waals surface area contributed by atoms with Crippen LogP contribution < -0.4 is 14.8 Å². The zero-order chi connectivity index (χ0) is 20.5. The predicted molar refractivity (Wildman–Crippen MR) is 110 cm³/mol. The van der Waals surface area contributed by atoms with E-state index in [1.807, 2.05) is 57.2 Å². The van der Waals surface area contributed by atoms with E-state index in [-0.39, 0.29) is 17.7 Å². The number of nitrogens with zero attached hydrogens (tertiary/aromatic N) is 1. The van der Waals surface area contributed by atoms with Gasteiger partial charge in [0.25, 0.3) is 5.91 Å². The Bertz CT molecular complexity index is 869. The van der Waals surface area contributed by atoms with E-state index in [0.29, 0.717) is 17.1 Å². The summed E-state index contributed by atoms with van der Waals surface area (Å²) in [4.78, 5) is 12.5. The maximum absolute atomic E-state index is 12.5. The summed E-state index contributed by atoms with van der Waals surface area (Å²) in [5.74, 6) is 0.775. The Hall–Kier alpha value is -3.26. The minimum absolute atomic E-state index is 0.0282. The minimum Gasteiger partial charge on any atom is -0.493 e. The molecule has 2 rings (SSSR count). The Labute approximate surface area is 166 Å². The summed E-state index contributed by atoms with van der Waals surface area (Å²) in [6.45, 7) is 5.91. The van der Waals surface area contributed by atoms with Crippen molar-refractivity contribution in [1.29, 1.82) is 5.26 Å². The third kappa shape index (κ3) is 5.62. The molecule has 0 saturated heterocycles. The van der Waals surface area contributed by atoms with Gasteiger partial charge in [0.05, 0.1) is 19.3 Å². The first-order valence-electron chi connectivity index (χ1n) is 9.30. The number of nitrogens with one attached hydrogen (secondary N) is 1. The molecule has 2 aromatic rings. The van der Waals surface area contributed by atoms with Gasteiger partial charge in [-0.2, -0.15) is 5.26 Å². The van der Waals surface area contributed by atoms with E-state index < -0.39 is 5.91 Å². The molecule has 0 heterocycles. The summed E-state index contributed by atoms with van der Waals surface area (Å²) < 4.78 is 11.2. The summed E-state index contributed by atoms with van der Waals surface area (Å²) >= 11 is 0. The van der Waals surface area contributed by atoms with Gasteiger partial charge in [-0.1, -0.05) is 43.3 Å². The third-order valence-electron chi connectivity index (χ3n) is 4.41. The molecule has 0 aliphatic rings. The summed E-state index contributed by atoms with van der Waals surface area (Å²) in [7, 11) is 1.56. The number of carbonyl (C=O) groups excluding carboxylic acids is 1. The van der Waals surface area contributed by atoms with Crippen LogP contribution in [0.2, 0.25) is 0 Å². The van der Waals surface area contributed by atoms with Crippen LogP contribution in [0.1, 0.15) is 44.4 Å². The molecule has 0 fully saturated rings. The lowest BCUT2D eigenvalue weighted by Crippen LogP contribution is -2.27. The highest BCUT2D eigenvalue weighted by Gasteiger charge is 2.14. The molecule has 5 nitrogen and oxygen atoms in total. The number of rotatable bonds is 8. The monoisotopic (exact) mass is 378 g/mol. The number of amides is 1. The van der Waals surface area contributed by atoms with Crippen LogP contribution in [-0.2, 0) is 4.79 Å². The van der Waals surface area contributed by atoms with Crippen molar-refractivity contribution >= 4 is 12.0 Å². The molecule has 0 radical (unpaired) electrons. The van der Waals surface area contributed by atoms with Crippen LogP contribution in [0, 0.1) is 11.3 Å². The fourth-order valence-corrected chi connectivity index (χ4v) is 2.59. The molecule has 0 bridgehead atoms. The molecule has 0 unspecified atom stereocenters. The second kappa shape index (κ2) is 10.2. The third-order valence-corrected chi connectivity index (χ3v) is 4.41. The van der Waals surface area contributed by atoms with E-state index >= 15 is 0 Å². The number of carbonyl (C=O) groups is 1. The normalized spacial score (nSPS) is 13.2. The molecular formula is C23H26N2O3. The number of nitriles is 1. The van der Waals surface area contributed by atoms with Gasteiger partial charge in [0, 0.05) is 0 Å². The maximum Gasteiger partial charge on any atom is 0.262 e. The summed E-state index contributed by atoms with van der Waals surface area (Å²) in [6, 6.07) is 16.7. The van der Waals surface area contributed by atoms with E-state index in [0.717, 1.165) is 12.0 Å². The van der Waals surface area contributed by atoms with Crippen LogP contribution in [0.15, 0.2) is 54.1 Å². The van der Waals surface area contributed by atoms with Gasteiger partial charge < -0.3 is 14.8 Å². The number of ether oxygens (including phenoxy) is 2. The SMILES string of the molecule is CC[C@H](C)Oc1ccc(/C=C(/C#N)C(=O)N[C@H](C)c2ccccc2)cc1OC. The van der Waals surface area contributed by atoms with Gasteiger partial charge >= 0.3 is 0 Å². The van der Waals surface area contributed by atoms with Gasteiger partial charge in [0.2, 0.25) is 0 Å². The standard InChI is InChI=1S/C23H26N2O3/c1-5-16(2)28-21-12-11-18(14-22(21)27-4)13-20(15-24)23(26)25-17(3)19-9-7-6-8-10-19/h6-14,16-17H,5H2,1-4H3,(H,25,26)/b20-13-/t16-,17+/m0/s1. The number of methoxy groups -OCH3 is 1. The van der Waals surface area contributed by atoms with Crippen LogP contribution in [0.5, 0.6) is 11.5 Å². The molecule has 0 saturated carbocycles. The highest BCUT2D eigenvalue weighted by atomic mass is 16.5. The smallest absolute Gasteiger partial charge is 0.262 e. The van der Waals surface area contributed by atoms with Crippen LogP contribution in [-0.4, -0.2) is 19.1 Å². The highest BCUT2D eigenvalue weighted by Crippen LogP contribution is 2.30. The molecule has 0 aliphatic heterocycles. The van der Waals surface area contributed by atoms with Crippen LogP contribution >= 0.6 is 0 Å². The summed E-state index contributed by atoms with van der Waals surface area (Å²) in [6.07, 6.45) is 2.49. The molecule has 28 heavy (non-hydrogen) atoms. The van der Waals surface area contributed by atoms with Gasteiger partial charge in [0.1, 0.15) is 11.6 Å². The first kappa shape index (κ1) is 21.0. The first-order chi connectivity index (χ1) is 13.5. The topological polar surface area (TPSA) is 71.3 Å². The zero-order valence-electron chi connectivity index (χ0n) is 16.7. The molecule has 0 aromatic heterocycles. The molecule has 1 N–H and O–H groups in total. The molecule has 5 heteroatoms. The number of benzene rings is 2. The van der Waals surface area contributed by atoms with E-state index in [1.165, 1.54) is 0 Å². The van der Waals surface area contributed by atoms with Gasteiger partial charge in [-0.05, 0) is 49.6 Å². The van der Waals surface area contributed by atoms with E-state index in [2.05, 4.69) is 5.32 Å². The Balaban J connectivity index is 2.19. The molecule has 0 aliphatic carbocycles. The molecule has 146 valence electrons. The average molecular weight is 378 g/mol. The molecule has 2 atom stereocenters. The molecule has 2 aromatic carbocycles. The first-order valence-corrected chi connectivity index (χ1v) is 9.30. The molecule has 1 amide bonds. The second-order valence-corrected chi connectivity index (χ2v) is 6.52. The minimum atomic E-state index is -0.419. The van der Waals surface area contributed by atoms with Gasteiger partial charge in [-0.3, -0.25) is 4.79 Å². The second-order valence-electron chi connectivity index (χ2n) is 6.52. The molecular weight excluding hydrogens is 352 g/mol. The zero-order valence-corrected chi connectivity index (χ0v) is 16.7. The van der Waals surface area contributed by atoms with Gasteiger partial charge in [0.15, 0.2) is 11.5 Å². The van der Waals surface area contributed by atoms with E-state index in [9.17, 15) is 10.1 Å². The Morgan fingerprint density at radius 1 is 1.18 bits per heavy atom. The van der Waals surface area contributed by atoms with E-state index in [1.54, 1.807) is 31.4 Å². The van der Waals surface area contributed by atoms with Crippen molar-refractivity contribution in [2.45, 2.75) is 39.3 Å². The van der Waals surface area contributed by atoms with Crippen LogP contribution in [0.4, 0.5) is 0 Å². The van der Waals surface area contributed by atoms with Crippen LogP contribution in [0.3, 0.4) is 0 Å². The van der Waals surface area contributed by atoms with E-state index in [4.69, 9.17) is 9.47 Å². The lowest BCUT2D eigenvalue weighted by Gasteiger charge is -2.16. The van der Waals surface area contributed by atoms with Crippen molar-refractivity contribution in [3.05, 3.63) is 65.2 Å². The molecule has 0 spiro atoms. The highest BCUT2D eigenvalue weighted by molar-refractivity contribution is 6.01. The van der Waals surface area contributed by atoms with Crippen molar-refractivity contribution in [1.82, 2.24) is 5.32 Å². The van der Waals surface area contributed by atoms with Crippen molar-refractivity contribution in [2.24, 2.45) is 0 Å². The summed E-state index contributed by atoms with van der Waals surface area (Å²) in [5, 5.41) is 12.3. The van der Waals surface area contributed by atoms with Gasteiger partial charge in [-0.15, -0.1) is 0 Å². The van der Waals surface area contributed by atoms with Crippen molar-refractivity contribution in [2.75, 3.05) is 7.11 Å². The lowest BCUT2D eigenvalue weighted by atomic mass is 10.1. The maximum atomic E-state index is 12.5. The number of hydrogen-bond donors (Lipinski definition) is 1. The quantitative estimate of drug-likeness (QED) is 0.536. The Morgan fingerprint density at radius 3 is 2.50 bits per heavy atom. The largest absolute Gasteiger partial charge is 0.493 e. The van der Waals surface area contributed by atoms with Crippen LogP contribution in [0.25, 0.3) is 6.08 Å². The average Bonchev–Trinajstić information content (AvgIpc) is 2.73. The lowest BCUT2D eigenvalue weighted by molar-refractivity contribution is -0.117. The Kier molecular flexibility index (Phi) is 7.65. The van der Waals surface area contributed by atoms with Gasteiger partial charge in [-0.25, -0.2) is 0 Å². The predicted octanol–water partition coefficient (Wildman–Crippen LogP) is 4.66. The fraction of sp³-hybridized carbons (Fsp3) is 0.304. The van der Waals surface area contributed by atoms with Crippen molar-refractivity contribution in [3.8, 4) is 17.6 Å². The fourth-order valence-electron chi connectivity index (χ4n) is 2.59. The summed E-state index contributed by atoms with van der Waals surface area (Å²) in [5.41, 5.74) is 1.69. The Morgan fingerprint density at radius 2 is 1.89 bits per heavy atom. The van der Waals surface area contributed by atoms with Crippen molar-refractivity contribution in [3.63, 3.8) is 0 Å². The van der Waals surface area contributed by atoms with Crippen molar-refractivity contribution < 1.29 is 14.3 Å².